The van der Waals surface area contributed by atoms with Crippen LogP contribution in [-0.2, 0) is 93.7 Å². The number of nitrogens with two attached hydrogens (primary N) is 1. The second-order valence-corrected chi connectivity index (χ2v) is 33.7. The molecule has 0 aliphatic rings. The van der Waals surface area contributed by atoms with Crippen molar-refractivity contribution in [3.05, 3.63) is 329 Å². The zero-order valence-corrected chi connectivity index (χ0v) is 96.0. The Morgan fingerprint density at radius 2 is 0.685 bits per heavy atom. The SMILES string of the molecule is C.C/C(N)=N\O.COC(=O)c1ccc(-c2nn(C(=O)c3c(C)cccc3Cl)c3cc(-c4nc(C)no4)ccc23)c(F)c1.COC(=O)c1ccc(B(O)O)c(F)c1.Cc1cccc(Cl)c1C(=O)n1nc(I)c2ccc(C(=O)O)cc21.Cc1noc(-c2ccc3c(-c4ccc(C(=O)O)cc4F)nn(C(=O)c4c(C)cccc4Cl)c3c2)n1.Cc1noc(-c2ccc3c(I)nn(C(=O)c4c(C)cccc4Cl)c3c2)n1.[Li+].[OH-].[W].[W].[W].[W]. The predicted octanol–water partition coefficient (Wildman–Crippen LogP) is 16.3. The summed E-state index contributed by atoms with van der Waals surface area (Å²) in [6.45, 7) is 13.8. The molecule has 8 N–H and O–H groups in total. The number of hydrogen-bond donors (Lipinski definition) is 6. The smallest absolute Gasteiger partial charge is 0.870 e. The van der Waals surface area contributed by atoms with Crippen molar-refractivity contribution in [2.45, 2.75) is 62.8 Å². The molecule has 7 heterocycles. The first kappa shape index (κ1) is 123. The molecular formula is C96H75BCl4F3I2LiN16O19W4. The summed E-state index contributed by atoms with van der Waals surface area (Å²) in [4.78, 5) is 111. The third-order valence-corrected chi connectivity index (χ3v) is 23.5. The van der Waals surface area contributed by atoms with Crippen molar-refractivity contribution in [1.82, 2.24) is 69.5 Å². The summed E-state index contributed by atoms with van der Waals surface area (Å²) in [6.07, 6.45) is 0. The minimum atomic E-state index is -1.89. The summed E-state index contributed by atoms with van der Waals surface area (Å²) in [5, 5.41) is 78.7. The molecule has 0 bridgehead atoms. The van der Waals surface area contributed by atoms with Gasteiger partial charge in [0.1, 0.15) is 42.1 Å². The molecule has 0 aliphatic carbocycles. The molecule has 18 aromatic rings. The third kappa shape index (κ3) is 27.4. The summed E-state index contributed by atoms with van der Waals surface area (Å²) >= 11 is 29.3. The van der Waals surface area contributed by atoms with Gasteiger partial charge >= 0.3 is 49.9 Å². The van der Waals surface area contributed by atoms with Gasteiger partial charge in [0.25, 0.3) is 41.3 Å². The van der Waals surface area contributed by atoms with E-state index in [0.717, 1.165) is 54.7 Å². The zero-order valence-electron chi connectivity index (χ0n) is 76.9. The van der Waals surface area contributed by atoms with E-state index in [-0.39, 0.29) is 217 Å². The van der Waals surface area contributed by atoms with E-state index < -0.39 is 60.3 Å². The maximum absolute atomic E-state index is 15.2. The Kier molecular flexibility index (Phi) is 45.3. The van der Waals surface area contributed by atoms with Gasteiger partial charge in [0.15, 0.2) is 17.5 Å². The van der Waals surface area contributed by atoms with E-state index in [1.54, 1.807) is 145 Å². The van der Waals surface area contributed by atoms with E-state index >= 15 is 4.39 Å². The number of benzene rings is 11. The number of carboxylic acids is 2. The molecule has 146 heavy (non-hydrogen) atoms. The van der Waals surface area contributed by atoms with Crippen LogP contribution in [0.25, 0.3) is 100 Å². The number of nitrogens with zero attached hydrogens (tertiary/aromatic N) is 15. The van der Waals surface area contributed by atoms with Crippen LogP contribution in [0.15, 0.2) is 219 Å². The van der Waals surface area contributed by atoms with Gasteiger partial charge < -0.3 is 59.7 Å². The van der Waals surface area contributed by atoms with Crippen molar-refractivity contribution in [1.29, 1.82) is 0 Å². The maximum atomic E-state index is 15.2. The van der Waals surface area contributed by atoms with Gasteiger partial charge in [0, 0.05) is 139 Å². The number of aryl methyl sites for hydroxylation is 7. The van der Waals surface area contributed by atoms with Gasteiger partial charge in [-0.25, -0.2) is 32.3 Å². The average Bonchev–Trinajstić information content (AvgIpc) is 1.59. The van der Waals surface area contributed by atoms with Gasteiger partial charge in [-0.3, -0.25) is 19.2 Å². The van der Waals surface area contributed by atoms with Gasteiger partial charge in [0.05, 0.1) is 101 Å². The first-order valence-electron chi connectivity index (χ1n) is 40.6. The minimum absolute atomic E-state index is 0. The first-order chi connectivity index (χ1) is 66.2. The van der Waals surface area contributed by atoms with Crippen molar-refractivity contribution in [2.75, 3.05) is 14.2 Å². The van der Waals surface area contributed by atoms with Crippen LogP contribution in [0, 0.1) is 73.3 Å². The summed E-state index contributed by atoms with van der Waals surface area (Å²) in [5.41, 5.74) is 12.8. The van der Waals surface area contributed by atoms with E-state index in [0.29, 0.717) is 109 Å². The number of carbonyl (C=O) groups is 8. The van der Waals surface area contributed by atoms with Crippen molar-refractivity contribution in [3.63, 3.8) is 0 Å². The van der Waals surface area contributed by atoms with Crippen molar-refractivity contribution >= 4 is 201 Å². The number of carboxylic acid groups (broad SMARTS) is 2. The third-order valence-electron chi connectivity index (χ3n) is 20.7. The molecule has 0 unspecified atom stereocenters. The fourth-order valence-electron chi connectivity index (χ4n) is 14.0. The minimum Gasteiger partial charge on any atom is -0.870 e. The zero-order chi connectivity index (χ0) is 101. The average molecular weight is 2960 g/mol. The van der Waals surface area contributed by atoms with Crippen molar-refractivity contribution in [2.24, 2.45) is 10.9 Å². The molecule has 35 nitrogen and oxygen atoms in total. The fraction of sp³-hybridized carbons (Fsp3) is 0.115. The van der Waals surface area contributed by atoms with Crippen LogP contribution >= 0.6 is 91.6 Å². The van der Waals surface area contributed by atoms with E-state index in [1.165, 1.54) is 77.7 Å². The number of fused-ring (bicyclic) bond motifs is 4. The number of hydrogen-bond acceptors (Lipinski definition) is 28. The number of carbonyl (C=O) groups excluding carboxylic acids is 6. The Balaban J connectivity index is 0.000000279. The van der Waals surface area contributed by atoms with Gasteiger partial charge in [-0.1, -0.05) is 129 Å². The van der Waals surface area contributed by atoms with Gasteiger partial charge in [-0.15, -0.1) is 0 Å². The summed E-state index contributed by atoms with van der Waals surface area (Å²) < 4.78 is 74.3. The molecule has 50 heteroatoms. The molecule has 0 atom stereocenters. The Hall–Kier alpha value is -11.7. The number of methoxy groups -OCH3 is 2. The first-order valence-corrected chi connectivity index (χ1v) is 44.2. The number of halogens is 9. The molecule has 0 amide bonds. The molecule has 0 saturated carbocycles. The molecule has 0 fully saturated rings. The van der Waals surface area contributed by atoms with Crippen LogP contribution in [0.2, 0.25) is 20.1 Å². The summed E-state index contributed by atoms with van der Waals surface area (Å²) in [7, 11) is 0.505. The quantitative estimate of drug-likeness (QED) is 0.0112. The molecule has 0 radical (unpaired) electrons. The number of rotatable bonds is 14. The Morgan fingerprint density at radius 1 is 0.411 bits per heavy atom. The summed E-state index contributed by atoms with van der Waals surface area (Å²) in [5.74, 6) is -5.12. The standard InChI is InChI=1S/C26H18ClFN4O4.C25H16ClFN4O4.C18H12ClIN4O2.C16H10ClIN2O3.C8H8BFO4.C2H6N2O.CH4.Li.H2O.4W/c1-13-5-4-6-19(27)22(13)25(33)32-21-12-15(24-29-14(2)31-36-24)7-10-18(21)23(30-32)17-9-8-16(11-20(17)28)26(34)35-3;1-12-4-3-5-18(26)21(12)24(32)31-20-11-14(23-28-13(2)30-35-23)6-9-17(20)22(29-31)16-8-7-15(25(33)34)10-19(16)27;1-9-4-3-5-13(19)15(9)18(25)24-14-8-11(17-21-10(2)23-26-17)6-7-12(14)16(20)22-24;1-8-3-2-4-11(17)13(8)15(21)20-12-7-9(16(22)23)5-6-10(12)14(18)19-20;1-14-8(11)5-2-3-6(9(12)13)7(10)4-5;1-2(3)4-5;;;;;;;/h4-12H,1-3H3;3-11H,1-2H3,(H,33,34);3-8H,1-2H3;2-7H,1H3,(H,22,23);2-4,12-13H,1H3;5H,1H3,(H2,3,4);1H4;;1H2;;;;/q;;;;;;;+1;;;;;/p-1. The van der Waals surface area contributed by atoms with E-state index in [4.69, 9.17) is 86.1 Å². The van der Waals surface area contributed by atoms with Crippen molar-refractivity contribution in [3.8, 4) is 56.9 Å². The van der Waals surface area contributed by atoms with Gasteiger partial charge in [0.2, 0.25) is 0 Å². The Bertz CT molecular complexity index is 7950. The second kappa shape index (κ2) is 53.7. The molecule has 0 saturated heterocycles. The van der Waals surface area contributed by atoms with Crippen molar-refractivity contribution < 1.29 is 209 Å². The van der Waals surface area contributed by atoms with Crippen LogP contribution in [-0.4, -0.2) is 175 Å². The second-order valence-electron chi connectivity index (χ2n) is 30.1. The molecule has 0 aliphatic heterocycles. The fourth-order valence-corrected chi connectivity index (χ4v) is 16.5. The van der Waals surface area contributed by atoms with Crippen LogP contribution in [0.4, 0.5) is 13.2 Å². The normalized spacial score (nSPS) is 10.5. The van der Waals surface area contributed by atoms with E-state index in [9.17, 15) is 52.2 Å². The Morgan fingerprint density at radius 3 is 0.973 bits per heavy atom. The number of amidine groups is 1. The maximum Gasteiger partial charge on any atom is 1.00 e. The molecule has 11 aromatic carbocycles. The molecule has 7 aromatic heterocycles. The Labute approximate surface area is 943 Å². The number of oxime groups is 1. The predicted molar refractivity (Wildman–Crippen MR) is 533 cm³/mol. The topological polar surface area (TPSA) is 513 Å². The number of aromatic nitrogens is 14. The monoisotopic (exact) mass is 2960 g/mol. The number of aromatic carboxylic acids is 2. The van der Waals surface area contributed by atoms with Gasteiger partial charge in [-0.2, -0.15) is 54.1 Å². The van der Waals surface area contributed by atoms with Crippen LogP contribution in [0.3, 0.4) is 0 Å². The molecule has 0 spiro atoms. The van der Waals surface area contributed by atoms with Crippen LogP contribution in [0.5, 0.6) is 0 Å². The van der Waals surface area contributed by atoms with E-state index in [2.05, 4.69) is 88.0 Å². The molecule has 18 rings (SSSR count). The van der Waals surface area contributed by atoms with E-state index in [1.807, 2.05) is 59.8 Å². The summed E-state index contributed by atoms with van der Waals surface area (Å²) in [6, 6.07) is 51.7. The van der Waals surface area contributed by atoms with Gasteiger partial charge in [-0.05, 0) is 268 Å². The molecule has 744 valence electrons. The number of esters is 2. The van der Waals surface area contributed by atoms with Crippen LogP contribution < -0.4 is 30.1 Å². The van der Waals surface area contributed by atoms with Crippen LogP contribution in [0.1, 0.15) is 137 Å². The largest absolute Gasteiger partial charge is 1.00 e. The molecular weight excluding hydrogens is 2890 g/mol. The number of ether oxygens (including phenoxy) is 2.